The first-order chi connectivity index (χ1) is 10.5. The predicted molar refractivity (Wildman–Crippen MR) is 73.6 cm³/mol. The van der Waals surface area contributed by atoms with Crippen LogP contribution in [0.5, 0.6) is 0 Å². The topological polar surface area (TPSA) is 46.2 Å². The van der Waals surface area contributed by atoms with Gasteiger partial charge in [-0.25, -0.2) is 17.2 Å². The van der Waals surface area contributed by atoms with Gasteiger partial charge in [0.05, 0.1) is 16.3 Å². The predicted octanol–water partition coefficient (Wildman–Crippen LogP) is 4.44. The Morgan fingerprint density at radius 1 is 0.957 bits per heavy atom. The number of halogens is 6. The first kappa shape index (κ1) is 17.5. The molecular weight excluding hydrogens is 365 g/mol. The molecule has 0 saturated heterocycles. The average molecular weight is 372 g/mol. The first-order valence-electron chi connectivity index (χ1n) is 5.85. The lowest BCUT2D eigenvalue weighted by atomic mass is 10.2. The second-order valence-corrected chi connectivity index (χ2v) is 6.46. The lowest BCUT2D eigenvalue weighted by molar-refractivity contribution is -0.137. The van der Waals surface area contributed by atoms with E-state index in [0.717, 1.165) is 6.07 Å². The monoisotopic (exact) mass is 371 g/mol. The third-order valence-electron chi connectivity index (χ3n) is 2.66. The van der Waals surface area contributed by atoms with Crippen molar-refractivity contribution in [2.45, 2.75) is 11.1 Å². The molecule has 0 aliphatic heterocycles. The van der Waals surface area contributed by atoms with E-state index in [4.69, 9.17) is 11.6 Å². The maximum Gasteiger partial charge on any atom is 0.416 e. The van der Waals surface area contributed by atoms with E-state index >= 15 is 0 Å². The molecular formula is C13H7ClF5NO2S. The molecule has 3 nitrogen and oxygen atoms in total. The molecule has 2 aromatic rings. The van der Waals surface area contributed by atoms with Crippen molar-refractivity contribution in [3.63, 3.8) is 0 Å². The maximum absolute atomic E-state index is 13.1. The molecule has 0 bridgehead atoms. The molecule has 10 heteroatoms. The fraction of sp³-hybridized carbons (Fsp3) is 0.0769. The maximum atomic E-state index is 13.1. The SMILES string of the molecule is O=S(=O)(Nc1cc(F)cc(F)c1)c1cc(C(F)(F)F)ccc1Cl. The summed E-state index contributed by atoms with van der Waals surface area (Å²) in [5, 5.41) is -0.470. The number of benzene rings is 2. The summed E-state index contributed by atoms with van der Waals surface area (Å²) in [4.78, 5) is -0.862. The van der Waals surface area contributed by atoms with Crippen LogP contribution in [0.15, 0.2) is 41.3 Å². The van der Waals surface area contributed by atoms with Crippen LogP contribution in [0.2, 0.25) is 5.02 Å². The minimum absolute atomic E-state index is 0.334. The highest BCUT2D eigenvalue weighted by Gasteiger charge is 2.32. The molecule has 0 atom stereocenters. The van der Waals surface area contributed by atoms with Gasteiger partial charge in [0, 0.05) is 6.07 Å². The van der Waals surface area contributed by atoms with Gasteiger partial charge in [0.25, 0.3) is 10.0 Å². The standard InChI is InChI=1S/C13H7ClF5NO2S/c14-11-2-1-7(13(17,18)19)3-12(11)23(21,22)20-10-5-8(15)4-9(16)6-10/h1-6,20H. The molecule has 0 amide bonds. The summed E-state index contributed by atoms with van der Waals surface area (Å²) in [7, 11) is -4.58. The van der Waals surface area contributed by atoms with Crippen molar-refractivity contribution in [1.82, 2.24) is 0 Å². The number of sulfonamides is 1. The van der Waals surface area contributed by atoms with Gasteiger partial charge in [0.2, 0.25) is 0 Å². The molecule has 0 radical (unpaired) electrons. The fourth-order valence-electron chi connectivity index (χ4n) is 1.71. The number of nitrogens with one attached hydrogen (secondary N) is 1. The van der Waals surface area contributed by atoms with Crippen molar-refractivity contribution in [2.75, 3.05) is 4.72 Å². The number of anilines is 1. The summed E-state index contributed by atoms with van der Waals surface area (Å²) in [6.45, 7) is 0. The second kappa shape index (κ2) is 5.97. The Morgan fingerprint density at radius 2 is 1.52 bits per heavy atom. The van der Waals surface area contributed by atoms with Crippen molar-refractivity contribution in [2.24, 2.45) is 0 Å². The van der Waals surface area contributed by atoms with Crippen LogP contribution >= 0.6 is 11.6 Å². The zero-order valence-corrected chi connectivity index (χ0v) is 12.5. The Labute approximate surface area is 132 Å². The molecule has 0 aromatic heterocycles. The average Bonchev–Trinajstić information content (AvgIpc) is 2.35. The van der Waals surface area contributed by atoms with Crippen LogP contribution in [0, 0.1) is 11.6 Å². The molecule has 0 spiro atoms. The molecule has 0 fully saturated rings. The third kappa shape index (κ3) is 4.11. The number of alkyl halides is 3. The minimum Gasteiger partial charge on any atom is -0.279 e. The van der Waals surface area contributed by atoms with Gasteiger partial charge in [-0.3, -0.25) is 4.72 Å². The molecule has 0 aliphatic rings. The summed E-state index contributed by atoms with van der Waals surface area (Å²) in [5.41, 5.74) is -1.72. The molecule has 0 unspecified atom stereocenters. The Balaban J connectivity index is 2.47. The number of rotatable bonds is 3. The van der Waals surface area contributed by atoms with E-state index in [0.29, 0.717) is 30.3 Å². The van der Waals surface area contributed by atoms with Crippen LogP contribution in [-0.2, 0) is 16.2 Å². The molecule has 0 heterocycles. The highest BCUT2D eigenvalue weighted by atomic mass is 35.5. The van der Waals surface area contributed by atoms with E-state index < -0.39 is 49.0 Å². The van der Waals surface area contributed by atoms with E-state index in [1.807, 2.05) is 0 Å². The normalized spacial score (nSPS) is 12.3. The largest absolute Gasteiger partial charge is 0.416 e. The molecule has 23 heavy (non-hydrogen) atoms. The van der Waals surface area contributed by atoms with E-state index in [1.54, 1.807) is 4.72 Å². The Kier molecular flexibility index (Phi) is 4.54. The highest BCUT2D eigenvalue weighted by molar-refractivity contribution is 7.92. The fourth-order valence-corrected chi connectivity index (χ4v) is 3.28. The van der Waals surface area contributed by atoms with Gasteiger partial charge in [-0.2, -0.15) is 13.2 Å². The van der Waals surface area contributed by atoms with E-state index in [2.05, 4.69) is 0 Å². The second-order valence-electron chi connectivity index (χ2n) is 4.41. The van der Waals surface area contributed by atoms with Crippen molar-refractivity contribution in [1.29, 1.82) is 0 Å². The van der Waals surface area contributed by atoms with Crippen LogP contribution in [0.4, 0.5) is 27.6 Å². The third-order valence-corrected chi connectivity index (χ3v) is 4.53. The summed E-state index contributed by atoms with van der Waals surface area (Å²) in [6, 6.07) is 3.56. The van der Waals surface area contributed by atoms with Gasteiger partial charge in [0.1, 0.15) is 16.5 Å². The number of hydrogen-bond donors (Lipinski definition) is 1. The lowest BCUT2D eigenvalue weighted by Crippen LogP contribution is -2.15. The molecule has 2 aromatic carbocycles. The number of hydrogen-bond acceptors (Lipinski definition) is 2. The van der Waals surface area contributed by atoms with Crippen LogP contribution in [-0.4, -0.2) is 8.42 Å². The van der Waals surface area contributed by atoms with Gasteiger partial charge in [0.15, 0.2) is 0 Å². The van der Waals surface area contributed by atoms with E-state index in [-0.39, 0.29) is 0 Å². The van der Waals surface area contributed by atoms with Gasteiger partial charge in [-0.15, -0.1) is 0 Å². The van der Waals surface area contributed by atoms with Gasteiger partial charge in [-0.1, -0.05) is 11.6 Å². The smallest absolute Gasteiger partial charge is 0.279 e. The Hall–Kier alpha value is -1.87. The van der Waals surface area contributed by atoms with Gasteiger partial charge < -0.3 is 0 Å². The highest BCUT2D eigenvalue weighted by Crippen LogP contribution is 2.34. The summed E-state index contributed by atoms with van der Waals surface area (Å²) in [6.07, 6.45) is -4.78. The Morgan fingerprint density at radius 3 is 2.04 bits per heavy atom. The Bertz CT molecular complexity index is 832. The lowest BCUT2D eigenvalue weighted by Gasteiger charge is -2.12. The molecule has 2 rings (SSSR count). The van der Waals surface area contributed by atoms with Crippen molar-refractivity contribution < 1.29 is 30.4 Å². The summed E-state index contributed by atoms with van der Waals surface area (Å²) < 4.78 is 90.1. The zero-order chi connectivity index (χ0) is 17.4. The first-order valence-corrected chi connectivity index (χ1v) is 7.71. The zero-order valence-electron chi connectivity index (χ0n) is 11.0. The van der Waals surface area contributed by atoms with Crippen LogP contribution in [0.3, 0.4) is 0 Å². The van der Waals surface area contributed by atoms with Crippen molar-refractivity contribution >= 4 is 27.3 Å². The van der Waals surface area contributed by atoms with E-state index in [9.17, 15) is 30.4 Å². The van der Waals surface area contributed by atoms with Crippen LogP contribution < -0.4 is 4.72 Å². The molecule has 0 aliphatic carbocycles. The van der Waals surface area contributed by atoms with Gasteiger partial charge >= 0.3 is 6.18 Å². The van der Waals surface area contributed by atoms with E-state index in [1.165, 1.54) is 0 Å². The van der Waals surface area contributed by atoms with Gasteiger partial charge in [-0.05, 0) is 30.3 Å². The summed E-state index contributed by atoms with van der Waals surface area (Å²) >= 11 is 5.62. The molecule has 1 N–H and O–H groups in total. The molecule has 0 saturated carbocycles. The summed E-state index contributed by atoms with van der Waals surface area (Å²) in [5.74, 6) is -2.12. The molecule has 124 valence electrons. The quantitative estimate of drug-likeness (QED) is 0.811. The van der Waals surface area contributed by atoms with Crippen molar-refractivity contribution in [3.05, 3.63) is 58.6 Å². The minimum atomic E-state index is -4.78. The van der Waals surface area contributed by atoms with Crippen LogP contribution in [0.25, 0.3) is 0 Å². The van der Waals surface area contributed by atoms with Crippen LogP contribution in [0.1, 0.15) is 5.56 Å². The van der Waals surface area contributed by atoms with Crippen molar-refractivity contribution in [3.8, 4) is 0 Å².